The van der Waals surface area contributed by atoms with Crippen LogP contribution in [0.4, 0.5) is 5.82 Å². The van der Waals surface area contributed by atoms with E-state index in [1.54, 1.807) is 23.8 Å². The highest BCUT2D eigenvalue weighted by Gasteiger charge is 2.39. The number of methoxy groups -OCH3 is 1. The Morgan fingerprint density at radius 1 is 1.18 bits per heavy atom. The van der Waals surface area contributed by atoms with Gasteiger partial charge in [-0.3, -0.25) is 14.5 Å². The number of carbonyl (C=O) groups is 2. The zero-order chi connectivity index (χ0) is 28.3. The van der Waals surface area contributed by atoms with Gasteiger partial charge in [-0.15, -0.1) is 11.8 Å². The maximum Gasteiger partial charge on any atom is 0.240 e. The van der Waals surface area contributed by atoms with Crippen LogP contribution in [-0.2, 0) is 15.0 Å². The molecule has 0 radical (unpaired) electrons. The molecule has 4 rings (SSSR count). The van der Waals surface area contributed by atoms with Crippen LogP contribution in [0, 0.1) is 6.92 Å². The Morgan fingerprint density at radius 3 is 2.51 bits per heavy atom. The zero-order valence-electron chi connectivity index (χ0n) is 23.9. The van der Waals surface area contributed by atoms with Crippen LogP contribution in [-0.4, -0.2) is 73.1 Å². The number of amides is 2. The highest BCUT2D eigenvalue weighted by atomic mass is 32.2. The molecule has 2 heterocycles. The van der Waals surface area contributed by atoms with Crippen LogP contribution in [0.25, 0.3) is 5.69 Å². The number of hydrogen-bond donors (Lipinski definition) is 1. The smallest absolute Gasteiger partial charge is 0.240 e. The van der Waals surface area contributed by atoms with E-state index in [9.17, 15) is 9.59 Å². The summed E-state index contributed by atoms with van der Waals surface area (Å²) in [7, 11) is 5.55. The molecule has 0 aliphatic carbocycles. The van der Waals surface area contributed by atoms with Crippen LogP contribution in [0.2, 0.25) is 0 Å². The highest BCUT2D eigenvalue weighted by Crippen LogP contribution is 2.48. The molecule has 39 heavy (non-hydrogen) atoms. The Labute approximate surface area is 235 Å². The van der Waals surface area contributed by atoms with Crippen LogP contribution >= 0.6 is 11.8 Å². The fourth-order valence-corrected chi connectivity index (χ4v) is 5.88. The SMILES string of the molecule is COc1ccc(-n2nc(C(C)(C)C)c3c2N(CC(=O)NCCN(C)C)C(=O)CSC3c2cccc(C)c2)cc1. The fourth-order valence-electron chi connectivity index (χ4n) is 4.69. The molecular weight excluding hydrogens is 510 g/mol. The largest absolute Gasteiger partial charge is 0.497 e. The van der Waals surface area contributed by atoms with Crippen molar-refractivity contribution in [3.8, 4) is 11.4 Å². The Balaban J connectivity index is 1.92. The average molecular weight is 550 g/mol. The summed E-state index contributed by atoms with van der Waals surface area (Å²) >= 11 is 1.59. The van der Waals surface area contributed by atoms with Crippen LogP contribution < -0.4 is 15.0 Å². The van der Waals surface area contributed by atoms with Gasteiger partial charge in [-0.1, -0.05) is 50.6 Å². The van der Waals surface area contributed by atoms with Crippen molar-refractivity contribution >= 4 is 29.4 Å². The van der Waals surface area contributed by atoms with Crippen molar-refractivity contribution in [2.45, 2.75) is 38.4 Å². The minimum absolute atomic E-state index is 0.0776. The quantitative estimate of drug-likeness (QED) is 0.451. The molecular formula is C30H39N5O3S. The molecule has 1 N–H and O–H groups in total. The van der Waals surface area contributed by atoms with Gasteiger partial charge in [0.25, 0.3) is 0 Å². The Morgan fingerprint density at radius 2 is 1.90 bits per heavy atom. The number of rotatable bonds is 8. The van der Waals surface area contributed by atoms with E-state index in [0.717, 1.165) is 33.8 Å². The highest BCUT2D eigenvalue weighted by molar-refractivity contribution is 8.00. The number of thioether (sulfide) groups is 1. The van der Waals surface area contributed by atoms with Gasteiger partial charge in [0.2, 0.25) is 11.8 Å². The predicted molar refractivity (Wildman–Crippen MR) is 158 cm³/mol. The molecule has 0 bridgehead atoms. The summed E-state index contributed by atoms with van der Waals surface area (Å²) in [5.41, 5.74) is 4.63. The number of aryl methyl sites for hydroxylation is 1. The van der Waals surface area contributed by atoms with Crippen molar-refractivity contribution in [3.63, 3.8) is 0 Å². The van der Waals surface area contributed by atoms with Gasteiger partial charge < -0.3 is 15.0 Å². The molecule has 1 unspecified atom stereocenters. The summed E-state index contributed by atoms with van der Waals surface area (Å²) in [6.45, 7) is 9.63. The number of hydrogen-bond acceptors (Lipinski definition) is 6. The van der Waals surface area contributed by atoms with E-state index in [1.165, 1.54) is 0 Å². The van der Waals surface area contributed by atoms with Crippen LogP contribution in [0.5, 0.6) is 5.75 Å². The third kappa shape index (κ3) is 6.47. The molecule has 0 spiro atoms. The molecule has 0 saturated carbocycles. The number of likely N-dealkylation sites (N-methyl/N-ethyl adjacent to an activating group) is 1. The standard InChI is InChI=1S/C30H39N5O3S/c1-20-9-8-10-21(17-20)27-26-28(30(2,3)4)32-35(22-11-13-23(38-7)14-12-22)29(26)34(25(37)19-39-27)18-24(36)31-15-16-33(5)6/h8-14,17,27H,15-16,18-19H2,1-7H3,(H,31,36). The van der Waals surface area contributed by atoms with Crippen molar-refractivity contribution in [3.05, 3.63) is 70.9 Å². The summed E-state index contributed by atoms with van der Waals surface area (Å²) in [5.74, 6) is 1.32. The van der Waals surface area contributed by atoms with Gasteiger partial charge in [-0.05, 0) is 50.8 Å². The third-order valence-electron chi connectivity index (χ3n) is 6.64. The summed E-state index contributed by atoms with van der Waals surface area (Å²) in [4.78, 5) is 30.5. The van der Waals surface area contributed by atoms with Gasteiger partial charge >= 0.3 is 0 Å². The number of fused-ring (bicyclic) bond motifs is 1. The minimum atomic E-state index is -0.308. The summed E-state index contributed by atoms with van der Waals surface area (Å²) in [6, 6.07) is 16.0. The maximum atomic E-state index is 13.7. The lowest BCUT2D eigenvalue weighted by molar-refractivity contribution is -0.122. The Kier molecular flexibility index (Phi) is 8.71. The number of nitrogens with zero attached hydrogens (tertiary/aromatic N) is 4. The topological polar surface area (TPSA) is 79.7 Å². The normalized spacial score (nSPS) is 15.7. The van der Waals surface area contributed by atoms with Gasteiger partial charge in [0.15, 0.2) is 0 Å². The Hall–Kier alpha value is -3.30. The third-order valence-corrected chi connectivity index (χ3v) is 7.90. The van der Waals surface area contributed by atoms with Crippen LogP contribution in [0.3, 0.4) is 0 Å². The van der Waals surface area contributed by atoms with E-state index in [-0.39, 0.29) is 34.8 Å². The van der Waals surface area contributed by atoms with Crippen molar-refractivity contribution in [2.75, 3.05) is 51.5 Å². The van der Waals surface area contributed by atoms with E-state index in [0.29, 0.717) is 18.9 Å². The maximum absolute atomic E-state index is 13.7. The Bertz CT molecular complexity index is 1330. The second-order valence-corrected chi connectivity index (χ2v) is 12.3. The summed E-state index contributed by atoms with van der Waals surface area (Å²) in [5, 5.41) is 7.98. The lowest BCUT2D eigenvalue weighted by Gasteiger charge is -2.25. The number of ether oxygens (including phenoxy) is 1. The average Bonchev–Trinajstić information content (AvgIpc) is 3.22. The molecule has 1 aliphatic heterocycles. The van der Waals surface area contributed by atoms with Gasteiger partial charge in [-0.2, -0.15) is 5.10 Å². The van der Waals surface area contributed by atoms with Gasteiger partial charge in [0.05, 0.1) is 29.5 Å². The first kappa shape index (κ1) is 28.7. The number of aromatic nitrogens is 2. The fraction of sp³-hybridized carbons (Fsp3) is 0.433. The van der Waals surface area contributed by atoms with E-state index < -0.39 is 0 Å². The van der Waals surface area contributed by atoms with E-state index in [4.69, 9.17) is 9.84 Å². The lowest BCUT2D eigenvalue weighted by atomic mass is 9.87. The number of anilines is 1. The van der Waals surface area contributed by atoms with E-state index >= 15 is 0 Å². The molecule has 1 aromatic heterocycles. The minimum Gasteiger partial charge on any atom is -0.497 e. The second kappa shape index (κ2) is 11.8. The summed E-state index contributed by atoms with van der Waals surface area (Å²) in [6.07, 6.45) is 0. The van der Waals surface area contributed by atoms with E-state index in [2.05, 4.69) is 57.3 Å². The zero-order valence-corrected chi connectivity index (χ0v) is 24.8. The molecule has 0 saturated heterocycles. The first-order chi connectivity index (χ1) is 18.5. The van der Waals surface area contributed by atoms with Gasteiger partial charge in [0.1, 0.15) is 18.1 Å². The van der Waals surface area contributed by atoms with Gasteiger partial charge in [-0.25, -0.2) is 4.68 Å². The van der Waals surface area contributed by atoms with Gasteiger partial charge in [0, 0.05) is 24.1 Å². The predicted octanol–water partition coefficient (Wildman–Crippen LogP) is 4.33. The number of carbonyl (C=O) groups excluding carboxylic acids is 2. The molecule has 9 heteroatoms. The monoisotopic (exact) mass is 549 g/mol. The summed E-state index contributed by atoms with van der Waals surface area (Å²) < 4.78 is 7.20. The molecule has 208 valence electrons. The molecule has 1 aliphatic rings. The van der Waals surface area contributed by atoms with Crippen LogP contribution in [0.15, 0.2) is 48.5 Å². The molecule has 3 aromatic rings. The second-order valence-electron chi connectivity index (χ2n) is 11.2. The number of benzene rings is 2. The number of nitrogens with one attached hydrogen (secondary N) is 1. The van der Waals surface area contributed by atoms with Crippen molar-refractivity contribution in [1.82, 2.24) is 20.0 Å². The van der Waals surface area contributed by atoms with E-state index in [1.807, 2.05) is 47.9 Å². The van der Waals surface area contributed by atoms with Crippen molar-refractivity contribution < 1.29 is 14.3 Å². The van der Waals surface area contributed by atoms with Crippen molar-refractivity contribution in [2.24, 2.45) is 0 Å². The molecule has 1 atom stereocenters. The first-order valence-electron chi connectivity index (χ1n) is 13.2. The van der Waals surface area contributed by atoms with Crippen molar-refractivity contribution in [1.29, 1.82) is 0 Å². The molecule has 0 fully saturated rings. The molecule has 2 aromatic carbocycles. The van der Waals surface area contributed by atoms with Crippen LogP contribution in [0.1, 0.15) is 48.4 Å². The molecule has 8 nitrogen and oxygen atoms in total. The lowest BCUT2D eigenvalue weighted by Crippen LogP contribution is -2.43. The molecule has 2 amide bonds. The first-order valence-corrected chi connectivity index (χ1v) is 14.2.